The van der Waals surface area contributed by atoms with E-state index in [1.165, 1.54) is 0 Å². The Morgan fingerprint density at radius 2 is 2.06 bits per heavy atom. The lowest BCUT2D eigenvalue weighted by Gasteiger charge is -2.16. The molecule has 0 saturated heterocycles. The molecule has 0 aliphatic heterocycles. The third-order valence-electron chi connectivity index (χ3n) is 2.66. The van der Waals surface area contributed by atoms with Gasteiger partial charge >= 0.3 is 0 Å². The minimum absolute atomic E-state index is 0.645. The minimum atomic E-state index is -0.687. The number of aryl methyl sites for hydroxylation is 1. The van der Waals surface area contributed by atoms with Crippen molar-refractivity contribution in [2.24, 2.45) is 7.05 Å². The molecule has 0 aliphatic carbocycles. The Hall–Kier alpha value is -0.990. The Labute approximate surface area is 100 Å². The smallest absolute Gasteiger partial charge is 0.0632 e. The van der Waals surface area contributed by atoms with Gasteiger partial charge in [0.1, 0.15) is 0 Å². The molecule has 1 heterocycles. The monoisotopic (exact) mass is 237 g/mol. The van der Waals surface area contributed by atoms with Crippen LogP contribution in [0.3, 0.4) is 0 Å². The number of benzene rings is 1. The summed E-state index contributed by atoms with van der Waals surface area (Å²) in [5.41, 5.74) is 1.57. The number of nitrogens with zero attached hydrogens (tertiary/aromatic N) is 1. The average Bonchev–Trinajstić information content (AvgIpc) is 2.40. The van der Waals surface area contributed by atoms with Crippen molar-refractivity contribution in [2.45, 2.75) is 25.9 Å². The molecular weight excluding hydrogens is 222 g/mol. The van der Waals surface area contributed by atoms with Gasteiger partial charge in [0.05, 0.1) is 5.60 Å². The standard InChI is InChI=1S/C13H16ClNO/c1-13(2,16)7-9-8-15(3)12-6-10(14)4-5-11(9)12/h4-6,8,16H,7H2,1-3H3. The number of rotatable bonds is 2. The van der Waals surface area contributed by atoms with E-state index in [1.807, 2.05) is 43.7 Å². The van der Waals surface area contributed by atoms with Crippen LogP contribution in [0.2, 0.25) is 5.02 Å². The molecule has 0 bridgehead atoms. The van der Waals surface area contributed by atoms with Crippen molar-refractivity contribution >= 4 is 22.5 Å². The second-order valence-corrected chi connectivity index (χ2v) is 5.35. The third kappa shape index (κ3) is 2.23. The first kappa shape index (κ1) is 11.5. The highest BCUT2D eigenvalue weighted by Gasteiger charge is 2.17. The Kier molecular flexibility index (Phi) is 2.72. The zero-order valence-electron chi connectivity index (χ0n) is 9.79. The number of hydrogen-bond donors (Lipinski definition) is 1. The topological polar surface area (TPSA) is 25.2 Å². The summed E-state index contributed by atoms with van der Waals surface area (Å²) in [5.74, 6) is 0. The molecule has 2 aromatic rings. The maximum absolute atomic E-state index is 9.86. The maximum Gasteiger partial charge on any atom is 0.0632 e. The van der Waals surface area contributed by atoms with Gasteiger partial charge in [-0.15, -0.1) is 0 Å². The summed E-state index contributed by atoms with van der Waals surface area (Å²) >= 11 is 5.97. The summed E-state index contributed by atoms with van der Waals surface area (Å²) in [7, 11) is 1.99. The Balaban J connectivity index is 2.55. The molecule has 0 aliphatic rings. The van der Waals surface area contributed by atoms with Crippen LogP contribution in [0.25, 0.3) is 10.9 Å². The molecular formula is C13H16ClNO. The normalized spacial score (nSPS) is 12.3. The maximum atomic E-state index is 9.86. The summed E-state index contributed by atoms with van der Waals surface area (Å²) in [6.07, 6.45) is 2.70. The molecule has 0 saturated carbocycles. The van der Waals surface area contributed by atoms with Gasteiger partial charge in [-0.2, -0.15) is 0 Å². The van der Waals surface area contributed by atoms with Crippen molar-refractivity contribution in [3.05, 3.63) is 35.0 Å². The fourth-order valence-corrected chi connectivity index (χ4v) is 2.21. The summed E-state index contributed by atoms with van der Waals surface area (Å²) in [6, 6.07) is 5.85. The predicted molar refractivity (Wildman–Crippen MR) is 67.9 cm³/mol. The van der Waals surface area contributed by atoms with Crippen molar-refractivity contribution in [3.8, 4) is 0 Å². The van der Waals surface area contributed by atoms with Gasteiger partial charge in [-0.1, -0.05) is 17.7 Å². The van der Waals surface area contributed by atoms with Crippen LogP contribution in [-0.4, -0.2) is 15.3 Å². The summed E-state index contributed by atoms with van der Waals surface area (Å²) in [5, 5.41) is 11.8. The van der Waals surface area contributed by atoms with Gasteiger partial charge < -0.3 is 9.67 Å². The largest absolute Gasteiger partial charge is 0.390 e. The van der Waals surface area contributed by atoms with Crippen LogP contribution in [-0.2, 0) is 13.5 Å². The van der Waals surface area contributed by atoms with Crippen LogP contribution in [0, 0.1) is 0 Å². The first-order chi connectivity index (χ1) is 7.37. The van der Waals surface area contributed by atoms with Crippen molar-refractivity contribution in [2.75, 3.05) is 0 Å². The van der Waals surface area contributed by atoms with E-state index in [1.54, 1.807) is 0 Å². The van der Waals surface area contributed by atoms with Crippen LogP contribution < -0.4 is 0 Å². The number of aliphatic hydroxyl groups is 1. The highest BCUT2D eigenvalue weighted by atomic mass is 35.5. The average molecular weight is 238 g/mol. The van der Waals surface area contributed by atoms with Crippen LogP contribution in [0.4, 0.5) is 0 Å². The molecule has 16 heavy (non-hydrogen) atoms. The van der Waals surface area contributed by atoms with Crippen molar-refractivity contribution in [1.82, 2.24) is 4.57 Å². The van der Waals surface area contributed by atoms with Crippen molar-refractivity contribution in [3.63, 3.8) is 0 Å². The molecule has 1 N–H and O–H groups in total. The van der Waals surface area contributed by atoms with E-state index < -0.39 is 5.60 Å². The molecule has 0 spiro atoms. The first-order valence-corrected chi connectivity index (χ1v) is 5.70. The van der Waals surface area contributed by atoms with Gasteiger partial charge in [-0.3, -0.25) is 0 Å². The summed E-state index contributed by atoms with van der Waals surface area (Å²) in [4.78, 5) is 0. The van der Waals surface area contributed by atoms with Crippen LogP contribution in [0.1, 0.15) is 19.4 Å². The zero-order chi connectivity index (χ0) is 11.9. The third-order valence-corrected chi connectivity index (χ3v) is 2.89. The van der Waals surface area contributed by atoms with Gasteiger partial charge in [0.15, 0.2) is 0 Å². The van der Waals surface area contributed by atoms with E-state index in [2.05, 4.69) is 6.20 Å². The lowest BCUT2D eigenvalue weighted by Crippen LogP contribution is -2.21. The molecule has 86 valence electrons. The molecule has 3 heteroatoms. The SMILES string of the molecule is Cn1cc(CC(C)(C)O)c2ccc(Cl)cc21. The van der Waals surface area contributed by atoms with Crippen LogP contribution in [0.15, 0.2) is 24.4 Å². The van der Waals surface area contributed by atoms with Crippen LogP contribution >= 0.6 is 11.6 Å². The molecule has 0 fully saturated rings. The van der Waals surface area contributed by atoms with Gasteiger partial charge in [-0.25, -0.2) is 0 Å². The second-order valence-electron chi connectivity index (χ2n) is 4.92. The second kappa shape index (κ2) is 3.79. The Morgan fingerprint density at radius 3 is 2.69 bits per heavy atom. The molecule has 0 amide bonds. The summed E-state index contributed by atoms with van der Waals surface area (Å²) < 4.78 is 2.04. The molecule has 2 nitrogen and oxygen atoms in total. The molecule has 1 aromatic heterocycles. The van der Waals surface area contributed by atoms with Crippen LogP contribution in [0.5, 0.6) is 0 Å². The lowest BCUT2D eigenvalue weighted by atomic mass is 9.98. The van der Waals surface area contributed by atoms with Gasteiger partial charge in [0.2, 0.25) is 0 Å². The molecule has 0 unspecified atom stereocenters. The molecule has 2 rings (SSSR count). The number of halogens is 1. The summed E-state index contributed by atoms with van der Waals surface area (Å²) in [6.45, 7) is 3.64. The van der Waals surface area contributed by atoms with Gasteiger partial charge in [0, 0.05) is 35.6 Å². The van der Waals surface area contributed by atoms with E-state index >= 15 is 0 Å². The lowest BCUT2D eigenvalue weighted by molar-refractivity contribution is 0.0813. The van der Waals surface area contributed by atoms with E-state index in [0.717, 1.165) is 21.5 Å². The quantitative estimate of drug-likeness (QED) is 0.853. The molecule has 0 atom stereocenters. The zero-order valence-corrected chi connectivity index (χ0v) is 10.5. The minimum Gasteiger partial charge on any atom is -0.390 e. The van der Waals surface area contributed by atoms with Crippen molar-refractivity contribution < 1.29 is 5.11 Å². The highest BCUT2D eigenvalue weighted by Crippen LogP contribution is 2.26. The first-order valence-electron chi connectivity index (χ1n) is 5.33. The molecule has 1 aromatic carbocycles. The Bertz CT molecular complexity index is 522. The number of hydrogen-bond acceptors (Lipinski definition) is 1. The van der Waals surface area contributed by atoms with Gasteiger partial charge in [-0.05, 0) is 31.5 Å². The van der Waals surface area contributed by atoms with E-state index in [9.17, 15) is 5.11 Å². The fourth-order valence-electron chi connectivity index (χ4n) is 2.05. The number of fused-ring (bicyclic) bond motifs is 1. The van der Waals surface area contributed by atoms with E-state index in [0.29, 0.717) is 6.42 Å². The van der Waals surface area contributed by atoms with Crippen molar-refractivity contribution in [1.29, 1.82) is 0 Å². The van der Waals surface area contributed by atoms with E-state index in [-0.39, 0.29) is 0 Å². The number of aromatic nitrogens is 1. The molecule has 0 radical (unpaired) electrons. The Morgan fingerprint density at radius 1 is 1.38 bits per heavy atom. The van der Waals surface area contributed by atoms with Gasteiger partial charge in [0.25, 0.3) is 0 Å². The predicted octanol–water partition coefficient (Wildman–Crippen LogP) is 3.15. The highest BCUT2D eigenvalue weighted by molar-refractivity contribution is 6.31. The fraction of sp³-hybridized carbons (Fsp3) is 0.385. The van der Waals surface area contributed by atoms with E-state index in [4.69, 9.17) is 11.6 Å².